The van der Waals surface area contributed by atoms with Crippen LogP contribution in [0.15, 0.2) is 11.6 Å². The summed E-state index contributed by atoms with van der Waals surface area (Å²) in [5.41, 5.74) is 0.255. The van der Waals surface area contributed by atoms with Crippen LogP contribution in [-0.2, 0) is 28.8 Å². The molecule has 2 bridgehead atoms. The third-order valence-electron chi connectivity index (χ3n) is 3.51. The minimum absolute atomic E-state index is 0.0438. The van der Waals surface area contributed by atoms with E-state index in [4.69, 9.17) is 0 Å². The van der Waals surface area contributed by atoms with Gasteiger partial charge in [-0.1, -0.05) is 6.08 Å². The molecular weight excluding hydrogens is 252 g/mol. The van der Waals surface area contributed by atoms with Crippen LogP contribution in [0.4, 0.5) is 0 Å². The van der Waals surface area contributed by atoms with Gasteiger partial charge in [-0.05, 0) is 31.1 Å². The van der Waals surface area contributed by atoms with Crippen molar-refractivity contribution in [3.63, 3.8) is 0 Å². The lowest BCUT2D eigenvalue weighted by Crippen LogP contribution is -2.36. The highest BCUT2D eigenvalue weighted by Crippen LogP contribution is 2.43. The van der Waals surface area contributed by atoms with Crippen LogP contribution in [0, 0.1) is 11.8 Å². The fraction of sp³-hybridized carbons (Fsp3) is 0.385. The minimum atomic E-state index is -1.81. The summed E-state index contributed by atoms with van der Waals surface area (Å²) in [6, 6.07) is 0. The standard InChI is InChI=1S/C13H9O6/c14-5-9(15)11(17)13(19)12(18)10(16)8-4-6-1-2-7(8)3-6/h4,6-7H,1-3H2. The summed E-state index contributed by atoms with van der Waals surface area (Å²) in [6.07, 6.45) is 4.85. The molecule has 0 aromatic carbocycles. The largest absolute Gasteiger partial charge is 0.285 e. The van der Waals surface area contributed by atoms with Crippen LogP contribution in [0.5, 0.6) is 0 Å². The summed E-state index contributed by atoms with van der Waals surface area (Å²) in [6.45, 7) is 0. The van der Waals surface area contributed by atoms with Gasteiger partial charge in [0.2, 0.25) is 5.78 Å². The molecule has 2 atom stereocenters. The molecule has 0 aromatic heterocycles. The van der Waals surface area contributed by atoms with E-state index in [1.807, 2.05) is 0 Å². The van der Waals surface area contributed by atoms with Gasteiger partial charge in [0.05, 0.1) is 0 Å². The number of hydrogen-bond acceptors (Lipinski definition) is 6. The van der Waals surface area contributed by atoms with Crippen LogP contribution >= 0.6 is 0 Å². The maximum absolute atomic E-state index is 11.8. The second kappa shape index (κ2) is 4.79. The van der Waals surface area contributed by atoms with E-state index in [-0.39, 0.29) is 17.4 Å². The highest BCUT2D eigenvalue weighted by molar-refractivity contribution is 6.91. The summed E-state index contributed by atoms with van der Waals surface area (Å²) >= 11 is 0. The minimum Gasteiger partial charge on any atom is -0.285 e. The number of rotatable bonds is 6. The predicted octanol–water partition coefficient (Wildman–Crippen LogP) is -0.702. The topological polar surface area (TPSA) is 102 Å². The van der Waals surface area contributed by atoms with Gasteiger partial charge in [0.15, 0.2) is 0 Å². The molecule has 0 aromatic rings. The van der Waals surface area contributed by atoms with E-state index >= 15 is 0 Å². The second-order valence-corrected chi connectivity index (χ2v) is 4.64. The van der Waals surface area contributed by atoms with Gasteiger partial charge in [-0.25, -0.2) is 0 Å². The number of carbonyl (C=O) groups is 5. The summed E-state index contributed by atoms with van der Waals surface area (Å²) < 4.78 is 0. The van der Waals surface area contributed by atoms with E-state index < -0.39 is 28.9 Å². The first-order valence-corrected chi connectivity index (χ1v) is 5.77. The van der Waals surface area contributed by atoms with Crippen LogP contribution in [-0.4, -0.2) is 35.2 Å². The van der Waals surface area contributed by atoms with E-state index in [1.54, 1.807) is 6.08 Å². The monoisotopic (exact) mass is 261 g/mol. The smallest absolute Gasteiger partial charge is 0.281 e. The first-order valence-electron chi connectivity index (χ1n) is 5.77. The van der Waals surface area contributed by atoms with Gasteiger partial charge in [0.25, 0.3) is 29.4 Å². The molecule has 1 fully saturated rings. The quantitative estimate of drug-likeness (QED) is 0.462. The molecule has 0 aliphatic heterocycles. The molecule has 0 saturated heterocycles. The van der Waals surface area contributed by atoms with E-state index in [1.165, 1.54) is 0 Å². The van der Waals surface area contributed by atoms with Crippen molar-refractivity contribution in [3.05, 3.63) is 11.6 Å². The second-order valence-electron chi connectivity index (χ2n) is 4.64. The predicted molar refractivity (Wildman–Crippen MR) is 59.6 cm³/mol. The Morgan fingerprint density at radius 3 is 2.16 bits per heavy atom. The van der Waals surface area contributed by atoms with Crippen molar-refractivity contribution in [2.24, 2.45) is 11.8 Å². The Labute approximate surface area is 107 Å². The van der Waals surface area contributed by atoms with Gasteiger partial charge >= 0.3 is 0 Å². The Hall–Kier alpha value is -2.24. The lowest BCUT2D eigenvalue weighted by Gasteiger charge is -2.10. The SMILES string of the molecule is O=[C]C(=O)C(=O)C(=O)C(=O)C(=O)C1=CC2CCC1C2. The average molecular weight is 261 g/mol. The summed E-state index contributed by atoms with van der Waals surface area (Å²) in [7, 11) is 0. The summed E-state index contributed by atoms with van der Waals surface area (Å²) in [4.78, 5) is 66.3. The number of allylic oxidation sites excluding steroid dienone is 2. The maximum Gasteiger partial charge on any atom is 0.281 e. The van der Waals surface area contributed by atoms with E-state index in [9.17, 15) is 28.8 Å². The Kier molecular flexibility index (Phi) is 3.33. The lowest BCUT2D eigenvalue weighted by atomic mass is 9.91. The zero-order valence-corrected chi connectivity index (χ0v) is 9.80. The number of carbonyl (C=O) groups excluding carboxylic acids is 6. The zero-order valence-electron chi connectivity index (χ0n) is 9.80. The first kappa shape index (κ1) is 13.2. The molecule has 19 heavy (non-hydrogen) atoms. The molecule has 2 aliphatic rings. The molecule has 2 rings (SSSR count). The van der Waals surface area contributed by atoms with Crippen molar-refractivity contribution < 1.29 is 28.8 Å². The number of fused-ring (bicyclic) bond motifs is 2. The normalized spacial score (nSPS) is 23.7. The van der Waals surface area contributed by atoms with E-state index in [0.717, 1.165) is 19.3 Å². The fourth-order valence-electron chi connectivity index (χ4n) is 2.59. The molecule has 0 N–H and O–H groups in total. The lowest BCUT2D eigenvalue weighted by molar-refractivity contribution is -0.149. The number of Topliss-reactive ketones (excluding diaryl/α,β-unsaturated/α-hetero) is 5. The highest BCUT2D eigenvalue weighted by Gasteiger charge is 2.41. The average Bonchev–Trinajstić information content (AvgIpc) is 3.05. The molecule has 6 heteroatoms. The molecule has 6 nitrogen and oxygen atoms in total. The molecule has 2 aliphatic carbocycles. The molecule has 1 saturated carbocycles. The Bertz CT molecular complexity index is 553. The third-order valence-corrected chi connectivity index (χ3v) is 3.51. The van der Waals surface area contributed by atoms with Crippen molar-refractivity contribution in [2.75, 3.05) is 0 Å². The molecule has 2 unspecified atom stereocenters. The van der Waals surface area contributed by atoms with Gasteiger partial charge in [0, 0.05) is 5.57 Å². The van der Waals surface area contributed by atoms with Crippen molar-refractivity contribution in [2.45, 2.75) is 19.3 Å². The van der Waals surface area contributed by atoms with Crippen LogP contribution in [0.2, 0.25) is 0 Å². The fourth-order valence-corrected chi connectivity index (χ4v) is 2.59. The maximum atomic E-state index is 11.8. The number of hydrogen-bond donors (Lipinski definition) is 0. The van der Waals surface area contributed by atoms with Crippen LogP contribution in [0.3, 0.4) is 0 Å². The third kappa shape index (κ3) is 2.21. The van der Waals surface area contributed by atoms with Crippen LogP contribution in [0.25, 0.3) is 0 Å². The first-order chi connectivity index (χ1) is 8.95. The summed E-state index contributed by atoms with van der Waals surface area (Å²) in [5, 5.41) is 0. The van der Waals surface area contributed by atoms with E-state index in [2.05, 4.69) is 0 Å². The Balaban J connectivity index is 2.12. The van der Waals surface area contributed by atoms with Gasteiger partial charge in [0.1, 0.15) is 0 Å². The molecular formula is C13H9O6. The zero-order chi connectivity index (χ0) is 14.2. The van der Waals surface area contributed by atoms with E-state index in [0.29, 0.717) is 6.29 Å². The molecule has 1 radical (unpaired) electrons. The van der Waals surface area contributed by atoms with Gasteiger partial charge in [-0.2, -0.15) is 0 Å². The highest BCUT2D eigenvalue weighted by atomic mass is 16.2. The number of ketones is 5. The Morgan fingerprint density at radius 1 is 1.00 bits per heavy atom. The molecule has 0 spiro atoms. The van der Waals surface area contributed by atoms with Crippen molar-refractivity contribution in [1.82, 2.24) is 0 Å². The van der Waals surface area contributed by atoms with Gasteiger partial charge in [-0.3, -0.25) is 28.8 Å². The Morgan fingerprint density at radius 2 is 1.68 bits per heavy atom. The molecule has 0 heterocycles. The van der Waals surface area contributed by atoms with Crippen molar-refractivity contribution in [3.8, 4) is 0 Å². The van der Waals surface area contributed by atoms with Crippen molar-refractivity contribution in [1.29, 1.82) is 0 Å². The van der Waals surface area contributed by atoms with Crippen molar-refractivity contribution >= 4 is 35.2 Å². The summed E-state index contributed by atoms with van der Waals surface area (Å²) in [5.74, 6) is -7.70. The van der Waals surface area contributed by atoms with Crippen LogP contribution < -0.4 is 0 Å². The molecule has 0 amide bonds. The van der Waals surface area contributed by atoms with Gasteiger partial charge in [-0.15, -0.1) is 0 Å². The van der Waals surface area contributed by atoms with Gasteiger partial charge < -0.3 is 0 Å². The molecule has 97 valence electrons. The van der Waals surface area contributed by atoms with Crippen LogP contribution in [0.1, 0.15) is 19.3 Å².